The lowest BCUT2D eigenvalue weighted by atomic mass is 10.1. The van der Waals surface area contributed by atoms with Crippen LogP contribution in [0.5, 0.6) is 0 Å². The fourth-order valence-corrected chi connectivity index (χ4v) is 1.78. The van der Waals surface area contributed by atoms with Gasteiger partial charge in [0.05, 0.1) is 11.8 Å². The molecular weight excluding hydrogens is 240 g/mol. The predicted octanol–water partition coefficient (Wildman–Crippen LogP) is 1.33. The number of carbonyl (C=O) groups excluding carboxylic acids is 1. The summed E-state index contributed by atoms with van der Waals surface area (Å²) in [5.74, 6) is -0.147. The first-order valence-corrected chi connectivity index (χ1v) is 6.32. The molecule has 1 aromatic heterocycles. The van der Waals surface area contributed by atoms with Gasteiger partial charge in [-0.3, -0.25) is 9.48 Å². The summed E-state index contributed by atoms with van der Waals surface area (Å²) in [5, 5.41) is 6.88. The lowest BCUT2D eigenvalue weighted by molar-refractivity contribution is 0.0951. The summed E-state index contributed by atoms with van der Waals surface area (Å²) in [7, 11) is 0. The highest BCUT2D eigenvalue weighted by Crippen LogP contribution is 2.08. The second-order valence-electron chi connectivity index (χ2n) is 4.31. The Hall–Kier alpha value is -2.14. The van der Waals surface area contributed by atoms with Crippen LogP contribution < -0.4 is 11.1 Å². The van der Waals surface area contributed by atoms with Gasteiger partial charge < -0.3 is 11.1 Å². The summed E-state index contributed by atoms with van der Waals surface area (Å²) in [4.78, 5) is 11.9. The number of nitrogens with zero attached hydrogens (tertiary/aromatic N) is 2. The van der Waals surface area contributed by atoms with E-state index in [1.54, 1.807) is 17.1 Å². The van der Waals surface area contributed by atoms with Gasteiger partial charge in [0.25, 0.3) is 5.91 Å². The SMILES string of the molecule is CCn1cc(C(=O)NCC(N)c2ccccc2)cn1. The number of hydrogen-bond acceptors (Lipinski definition) is 3. The largest absolute Gasteiger partial charge is 0.350 e. The molecule has 2 aromatic rings. The van der Waals surface area contributed by atoms with E-state index in [1.807, 2.05) is 37.3 Å². The minimum atomic E-state index is -0.202. The van der Waals surface area contributed by atoms with Crippen molar-refractivity contribution in [1.82, 2.24) is 15.1 Å². The molecule has 19 heavy (non-hydrogen) atoms. The van der Waals surface area contributed by atoms with Gasteiger partial charge in [-0.2, -0.15) is 5.10 Å². The third kappa shape index (κ3) is 3.42. The molecule has 100 valence electrons. The van der Waals surface area contributed by atoms with Gasteiger partial charge in [0.15, 0.2) is 0 Å². The van der Waals surface area contributed by atoms with Gasteiger partial charge in [-0.1, -0.05) is 30.3 Å². The molecule has 1 aromatic carbocycles. The molecule has 1 heterocycles. The van der Waals surface area contributed by atoms with Crippen LogP contribution in [-0.2, 0) is 6.54 Å². The zero-order chi connectivity index (χ0) is 13.7. The molecule has 0 aliphatic heterocycles. The molecule has 5 nitrogen and oxygen atoms in total. The number of rotatable bonds is 5. The summed E-state index contributed by atoms with van der Waals surface area (Å²) in [6, 6.07) is 9.50. The first-order chi connectivity index (χ1) is 9.20. The molecular formula is C14H18N4O. The maximum atomic E-state index is 11.9. The third-order valence-corrected chi connectivity index (χ3v) is 2.93. The van der Waals surface area contributed by atoms with Gasteiger partial charge in [-0.05, 0) is 12.5 Å². The van der Waals surface area contributed by atoms with Crippen LogP contribution in [0.2, 0.25) is 0 Å². The Kier molecular flexibility index (Phi) is 4.30. The smallest absolute Gasteiger partial charge is 0.254 e. The Labute approximate surface area is 112 Å². The Bertz CT molecular complexity index is 535. The van der Waals surface area contributed by atoms with Crippen molar-refractivity contribution in [2.45, 2.75) is 19.5 Å². The summed E-state index contributed by atoms with van der Waals surface area (Å²) < 4.78 is 1.71. The van der Waals surface area contributed by atoms with E-state index in [-0.39, 0.29) is 11.9 Å². The fourth-order valence-electron chi connectivity index (χ4n) is 1.78. The molecule has 0 saturated heterocycles. The minimum Gasteiger partial charge on any atom is -0.350 e. The lowest BCUT2D eigenvalue weighted by Crippen LogP contribution is -2.31. The first kappa shape index (κ1) is 13.3. The zero-order valence-electron chi connectivity index (χ0n) is 10.9. The van der Waals surface area contributed by atoms with Gasteiger partial charge in [0.1, 0.15) is 0 Å². The van der Waals surface area contributed by atoms with E-state index < -0.39 is 0 Å². The van der Waals surface area contributed by atoms with Crippen molar-refractivity contribution in [3.63, 3.8) is 0 Å². The maximum Gasteiger partial charge on any atom is 0.254 e. The third-order valence-electron chi connectivity index (χ3n) is 2.93. The van der Waals surface area contributed by atoms with Crippen LogP contribution in [0, 0.1) is 0 Å². The average Bonchev–Trinajstić information content (AvgIpc) is 2.94. The molecule has 0 aliphatic carbocycles. The molecule has 0 bridgehead atoms. The van der Waals surface area contributed by atoms with E-state index in [2.05, 4.69) is 10.4 Å². The number of hydrogen-bond donors (Lipinski definition) is 2. The Morgan fingerprint density at radius 1 is 1.42 bits per heavy atom. The molecule has 1 atom stereocenters. The van der Waals surface area contributed by atoms with E-state index >= 15 is 0 Å². The highest BCUT2D eigenvalue weighted by atomic mass is 16.1. The van der Waals surface area contributed by atoms with Gasteiger partial charge in [-0.15, -0.1) is 0 Å². The minimum absolute atomic E-state index is 0.147. The topological polar surface area (TPSA) is 72.9 Å². The second kappa shape index (κ2) is 6.15. The average molecular weight is 258 g/mol. The standard InChI is InChI=1S/C14H18N4O/c1-2-18-10-12(8-17-18)14(19)16-9-13(15)11-6-4-3-5-7-11/h3-8,10,13H,2,9,15H2,1H3,(H,16,19). The van der Waals surface area contributed by atoms with Crippen LogP contribution in [0.3, 0.4) is 0 Å². The molecule has 0 fully saturated rings. The van der Waals surface area contributed by atoms with Crippen LogP contribution in [0.4, 0.5) is 0 Å². The van der Waals surface area contributed by atoms with Gasteiger partial charge in [0, 0.05) is 25.3 Å². The quantitative estimate of drug-likeness (QED) is 0.849. The Morgan fingerprint density at radius 3 is 2.79 bits per heavy atom. The van der Waals surface area contributed by atoms with E-state index in [9.17, 15) is 4.79 Å². The van der Waals surface area contributed by atoms with Crippen LogP contribution >= 0.6 is 0 Å². The lowest BCUT2D eigenvalue weighted by Gasteiger charge is -2.12. The van der Waals surface area contributed by atoms with Gasteiger partial charge in [-0.25, -0.2) is 0 Å². The highest BCUT2D eigenvalue weighted by Gasteiger charge is 2.10. The molecule has 1 amide bonds. The van der Waals surface area contributed by atoms with Crippen LogP contribution in [0.1, 0.15) is 28.9 Å². The number of aryl methyl sites for hydroxylation is 1. The Morgan fingerprint density at radius 2 is 2.16 bits per heavy atom. The summed E-state index contributed by atoms with van der Waals surface area (Å²) >= 11 is 0. The fraction of sp³-hybridized carbons (Fsp3) is 0.286. The van der Waals surface area contributed by atoms with E-state index in [4.69, 9.17) is 5.73 Å². The zero-order valence-corrected chi connectivity index (χ0v) is 10.9. The van der Waals surface area contributed by atoms with Crippen molar-refractivity contribution in [3.05, 3.63) is 53.9 Å². The molecule has 0 radical (unpaired) electrons. The molecule has 0 aliphatic rings. The highest BCUT2D eigenvalue weighted by molar-refractivity contribution is 5.93. The maximum absolute atomic E-state index is 11.9. The molecule has 2 rings (SSSR count). The normalized spacial score (nSPS) is 12.1. The van der Waals surface area contributed by atoms with E-state index in [1.165, 1.54) is 0 Å². The predicted molar refractivity (Wildman–Crippen MR) is 73.6 cm³/mol. The summed E-state index contributed by atoms with van der Waals surface area (Å²) in [6.45, 7) is 3.12. The van der Waals surface area contributed by atoms with Crippen molar-refractivity contribution in [3.8, 4) is 0 Å². The van der Waals surface area contributed by atoms with Crippen LogP contribution in [0.25, 0.3) is 0 Å². The number of amides is 1. The second-order valence-corrected chi connectivity index (χ2v) is 4.31. The van der Waals surface area contributed by atoms with Crippen LogP contribution in [-0.4, -0.2) is 22.2 Å². The summed E-state index contributed by atoms with van der Waals surface area (Å²) in [5.41, 5.74) is 7.58. The molecule has 3 N–H and O–H groups in total. The monoisotopic (exact) mass is 258 g/mol. The molecule has 0 spiro atoms. The number of aromatic nitrogens is 2. The van der Waals surface area contributed by atoms with E-state index in [0.29, 0.717) is 12.1 Å². The number of benzene rings is 1. The van der Waals surface area contributed by atoms with Crippen molar-refractivity contribution in [2.75, 3.05) is 6.54 Å². The molecule has 1 unspecified atom stereocenters. The van der Waals surface area contributed by atoms with Crippen molar-refractivity contribution >= 4 is 5.91 Å². The summed E-state index contributed by atoms with van der Waals surface area (Å²) in [6.07, 6.45) is 3.29. The molecule has 5 heteroatoms. The van der Waals surface area contributed by atoms with Crippen molar-refractivity contribution in [1.29, 1.82) is 0 Å². The van der Waals surface area contributed by atoms with Gasteiger partial charge in [0.2, 0.25) is 0 Å². The number of nitrogens with one attached hydrogen (secondary N) is 1. The van der Waals surface area contributed by atoms with Crippen LogP contribution in [0.15, 0.2) is 42.7 Å². The van der Waals surface area contributed by atoms with Crippen molar-refractivity contribution in [2.24, 2.45) is 5.73 Å². The van der Waals surface area contributed by atoms with Crippen molar-refractivity contribution < 1.29 is 4.79 Å². The number of nitrogens with two attached hydrogens (primary N) is 1. The first-order valence-electron chi connectivity index (χ1n) is 6.32. The van der Waals surface area contributed by atoms with Gasteiger partial charge >= 0.3 is 0 Å². The van der Waals surface area contributed by atoms with E-state index in [0.717, 1.165) is 12.1 Å². The number of carbonyl (C=O) groups is 1. The molecule has 0 saturated carbocycles. The Balaban J connectivity index is 1.90.